The van der Waals surface area contributed by atoms with Crippen molar-refractivity contribution in [3.8, 4) is 5.69 Å². The van der Waals surface area contributed by atoms with Crippen molar-refractivity contribution in [2.45, 2.75) is 13.8 Å². The molecule has 0 bridgehead atoms. The summed E-state index contributed by atoms with van der Waals surface area (Å²) < 4.78 is 1.96. The zero-order valence-electron chi connectivity index (χ0n) is 10.3. The molecule has 4 nitrogen and oxygen atoms in total. The lowest BCUT2D eigenvalue weighted by Crippen LogP contribution is -1.98. The van der Waals surface area contributed by atoms with Gasteiger partial charge in [-0.1, -0.05) is 18.2 Å². The van der Waals surface area contributed by atoms with Crippen LogP contribution in [0.1, 0.15) is 17.0 Å². The molecule has 0 saturated heterocycles. The van der Waals surface area contributed by atoms with E-state index in [0.717, 1.165) is 28.7 Å². The highest BCUT2D eigenvalue weighted by molar-refractivity contribution is 5.86. The van der Waals surface area contributed by atoms with Gasteiger partial charge in [-0.3, -0.25) is 0 Å². The van der Waals surface area contributed by atoms with Gasteiger partial charge in [0.25, 0.3) is 0 Å². The molecule has 0 amide bonds. The second-order valence-corrected chi connectivity index (χ2v) is 4.02. The third-order valence-corrected chi connectivity index (χ3v) is 2.85. The normalized spacial score (nSPS) is 11.0. The van der Waals surface area contributed by atoms with Gasteiger partial charge < -0.3 is 9.67 Å². The van der Waals surface area contributed by atoms with Crippen molar-refractivity contribution < 1.29 is 9.90 Å². The van der Waals surface area contributed by atoms with Gasteiger partial charge in [0, 0.05) is 11.8 Å². The molecule has 0 aliphatic heterocycles. The minimum Gasteiger partial charge on any atom is -0.478 e. The minimum atomic E-state index is -0.955. The molecule has 1 aromatic carbocycles. The van der Waals surface area contributed by atoms with E-state index >= 15 is 0 Å². The number of carboxylic acids is 1. The highest BCUT2D eigenvalue weighted by Crippen LogP contribution is 2.19. The van der Waals surface area contributed by atoms with Crippen molar-refractivity contribution >= 4 is 12.0 Å². The SMILES string of the molecule is Cc1ncn(-c2ccccc2C=CC(=O)O)c1C. The Hall–Kier alpha value is -2.36. The van der Waals surface area contributed by atoms with E-state index in [9.17, 15) is 4.79 Å². The Balaban J connectivity index is 2.51. The summed E-state index contributed by atoms with van der Waals surface area (Å²) >= 11 is 0. The highest BCUT2D eigenvalue weighted by Gasteiger charge is 2.07. The molecule has 1 aromatic heterocycles. The average Bonchev–Trinajstić information content (AvgIpc) is 2.68. The molecule has 0 atom stereocenters. The topological polar surface area (TPSA) is 55.1 Å². The number of rotatable bonds is 3. The highest BCUT2D eigenvalue weighted by atomic mass is 16.4. The molecule has 0 unspecified atom stereocenters. The fraction of sp³-hybridized carbons (Fsp3) is 0.143. The van der Waals surface area contributed by atoms with Gasteiger partial charge in [-0.25, -0.2) is 9.78 Å². The largest absolute Gasteiger partial charge is 0.478 e. The number of hydrogen-bond donors (Lipinski definition) is 1. The molecule has 92 valence electrons. The first-order valence-corrected chi connectivity index (χ1v) is 5.60. The van der Waals surface area contributed by atoms with E-state index in [0.29, 0.717) is 0 Å². The van der Waals surface area contributed by atoms with Crippen LogP contribution in [0.2, 0.25) is 0 Å². The van der Waals surface area contributed by atoms with Crippen LogP contribution in [0.4, 0.5) is 0 Å². The molecular formula is C14H14N2O2. The second-order valence-electron chi connectivity index (χ2n) is 4.02. The second kappa shape index (κ2) is 4.87. The number of aliphatic carboxylic acids is 1. The van der Waals surface area contributed by atoms with Crippen molar-refractivity contribution in [3.63, 3.8) is 0 Å². The van der Waals surface area contributed by atoms with Crippen molar-refractivity contribution in [3.05, 3.63) is 53.6 Å². The van der Waals surface area contributed by atoms with Crippen LogP contribution in [0.25, 0.3) is 11.8 Å². The Labute approximate surface area is 105 Å². The number of para-hydroxylation sites is 1. The van der Waals surface area contributed by atoms with E-state index in [2.05, 4.69) is 4.98 Å². The maximum Gasteiger partial charge on any atom is 0.328 e. The summed E-state index contributed by atoms with van der Waals surface area (Å²) in [5.41, 5.74) is 3.78. The summed E-state index contributed by atoms with van der Waals surface area (Å²) in [6.07, 6.45) is 4.47. The molecule has 0 radical (unpaired) electrons. The van der Waals surface area contributed by atoms with Crippen LogP contribution in [0.5, 0.6) is 0 Å². The summed E-state index contributed by atoms with van der Waals surface area (Å²) in [4.78, 5) is 14.8. The Morgan fingerprint density at radius 3 is 2.67 bits per heavy atom. The lowest BCUT2D eigenvalue weighted by Gasteiger charge is -2.09. The van der Waals surface area contributed by atoms with Crippen molar-refractivity contribution in [1.82, 2.24) is 9.55 Å². The van der Waals surface area contributed by atoms with Gasteiger partial charge in [-0.15, -0.1) is 0 Å². The third kappa shape index (κ3) is 2.32. The Bertz CT molecular complexity index is 612. The zero-order valence-corrected chi connectivity index (χ0v) is 10.3. The summed E-state index contributed by atoms with van der Waals surface area (Å²) in [6.45, 7) is 3.93. The first-order valence-electron chi connectivity index (χ1n) is 5.60. The van der Waals surface area contributed by atoms with E-state index in [-0.39, 0.29) is 0 Å². The molecule has 2 aromatic rings. The van der Waals surface area contributed by atoms with Gasteiger partial charge in [-0.05, 0) is 31.6 Å². The van der Waals surface area contributed by atoms with Crippen LogP contribution in [0.3, 0.4) is 0 Å². The Morgan fingerprint density at radius 1 is 1.33 bits per heavy atom. The lowest BCUT2D eigenvalue weighted by molar-refractivity contribution is -0.131. The molecule has 18 heavy (non-hydrogen) atoms. The molecule has 0 fully saturated rings. The van der Waals surface area contributed by atoms with Crippen LogP contribution in [-0.2, 0) is 4.79 Å². The van der Waals surface area contributed by atoms with Gasteiger partial charge in [0.15, 0.2) is 0 Å². The molecule has 2 rings (SSSR count). The molecular weight excluding hydrogens is 228 g/mol. The smallest absolute Gasteiger partial charge is 0.328 e. The van der Waals surface area contributed by atoms with E-state index < -0.39 is 5.97 Å². The number of imidazole rings is 1. The van der Waals surface area contributed by atoms with Crippen molar-refractivity contribution in [2.75, 3.05) is 0 Å². The van der Waals surface area contributed by atoms with Crippen molar-refractivity contribution in [2.24, 2.45) is 0 Å². The van der Waals surface area contributed by atoms with Gasteiger partial charge in [0.2, 0.25) is 0 Å². The Kier molecular flexibility index (Phi) is 3.28. The first kappa shape index (κ1) is 12.1. The molecule has 1 heterocycles. The minimum absolute atomic E-state index is 0.848. The van der Waals surface area contributed by atoms with Gasteiger partial charge >= 0.3 is 5.97 Å². The number of nitrogens with zero attached hydrogens (tertiary/aromatic N) is 2. The predicted octanol–water partition coefficient (Wildman–Crippen LogP) is 2.59. The van der Waals surface area contributed by atoms with Gasteiger partial charge in [0.05, 0.1) is 17.7 Å². The quantitative estimate of drug-likeness (QED) is 0.842. The average molecular weight is 242 g/mol. The van der Waals surface area contributed by atoms with Crippen LogP contribution < -0.4 is 0 Å². The molecule has 0 aliphatic rings. The number of hydrogen-bond acceptors (Lipinski definition) is 2. The van der Waals surface area contributed by atoms with Gasteiger partial charge in [0.1, 0.15) is 0 Å². The predicted molar refractivity (Wildman–Crippen MR) is 69.7 cm³/mol. The fourth-order valence-corrected chi connectivity index (χ4v) is 1.75. The first-order chi connectivity index (χ1) is 8.59. The molecule has 0 spiro atoms. The van der Waals surface area contributed by atoms with E-state index in [1.807, 2.05) is 42.7 Å². The molecule has 1 N–H and O–H groups in total. The summed E-state index contributed by atoms with van der Waals surface area (Å²) in [7, 11) is 0. The summed E-state index contributed by atoms with van der Waals surface area (Å²) in [5.74, 6) is -0.955. The van der Waals surface area contributed by atoms with Gasteiger partial charge in [-0.2, -0.15) is 0 Å². The third-order valence-electron chi connectivity index (χ3n) is 2.85. The number of benzene rings is 1. The lowest BCUT2D eigenvalue weighted by atomic mass is 10.1. The monoisotopic (exact) mass is 242 g/mol. The van der Waals surface area contributed by atoms with Crippen molar-refractivity contribution in [1.29, 1.82) is 0 Å². The maximum absolute atomic E-state index is 10.6. The van der Waals surface area contributed by atoms with Crippen LogP contribution in [-0.4, -0.2) is 20.6 Å². The van der Waals surface area contributed by atoms with E-state index in [4.69, 9.17) is 5.11 Å². The summed E-state index contributed by atoms with van der Waals surface area (Å²) in [5, 5.41) is 8.69. The van der Waals surface area contributed by atoms with Crippen LogP contribution in [0, 0.1) is 13.8 Å². The number of aromatic nitrogens is 2. The number of aryl methyl sites for hydroxylation is 1. The van der Waals surface area contributed by atoms with Crippen LogP contribution in [0.15, 0.2) is 36.7 Å². The van der Waals surface area contributed by atoms with Crippen LogP contribution >= 0.6 is 0 Å². The summed E-state index contributed by atoms with van der Waals surface area (Å²) in [6, 6.07) is 7.62. The fourth-order valence-electron chi connectivity index (χ4n) is 1.75. The standard InChI is InChI=1S/C14H14N2O2/c1-10-11(2)16(9-15-10)13-6-4-3-5-12(13)7-8-14(17)18/h3-9H,1-2H3,(H,17,18). The molecule has 0 saturated carbocycles. The molecule has 4 heteroatoms. The van der Waals surface area contributed by atoms with E-state index in [1.165, 1.54) is 0 Å². The Morgan fingerprint density at radius 2 is 2.06 bits per heavy atom. The maximum atomic E-state index is 10.6. The zero-order chi connectivity index (χ0) is 13.1. The number of carboxylic acid groups (broad SMARTS) is 1. The number of carbonyl (C=O) groups is 1. The molecule has 0 aliphatic carbocycles. The van der Waals surface area contributed by atoms with E-state index in [1.54, 1.807) is 12.4 Å².